The van der Waals surface area contributed by atoms with Crippen molar-refractivity contribution in [3.8, 4) is 34.5 Å². The zero-order chi connectivity index (χ0) is 89.5. The Morgan fingerprint density at radius 2 is 0.891 bits per heavy atom. The number of hydrogen-bond acceptors (Lipinski definition) is 20. The average Bonchev–Trinajstić information content (AvgIpc) is 1.03. The molecule has 128 heavy (non-hydrogen) atoms. The van der Waals surface area contributed by atoms with Crippen molar-refractivity contribution in [1.82, 2.24) is 39.2 Å². The first-order valence-corrected chi connectivity index (χ1v) is 46.6. The van der Waals surface area contributed by atoms with Gasteiger partial charge >= 0.3 is 0 Å². The molecule has 4 aliphatic heterocycles. The minimum atomic E-state index is -4.64. The van der Waals surface area contributed by atoms with Crippen LogP contribution in [0.2, 0.25) is 10.0 Å². The molecule has 12 aromatic rings. The molecule has 2 amide bonds. The minimum Gasteiger partial charge on any atom is -0.492 e. The third-order valence-corrected chi connectivity index (χ3v) is 28.5. The molecule has 26 nitrogen and oxygen atoms in total. The zero-order valence-electron chi connectivity index (χ0n) is 71.8. The van der Waals surface area contributed by atoms with E-state index < -0.39 is 62.9 Å². The number of halogens is 2. The van der Waals surface area contributed by atoms with Crippen molar-refractivity contribution < 1.29 is 55.2 Å². The smallest absolute Gasteiger partial charge is 0.277 e. The molecule has 660 valence electrons. The fourth-order valence-electron chi connectivity index (χ4n) is 18.0. The Hall–Kier alpha value is -12.4. The second-order valence-corrected chi connectivity index (χ2v) is 39.8. The third kappa shape index (κ3) is 19.8. The van der Waals surface area contributed by atoms with E-state index in [1.165, 1.54) is 57.9 Å². The van der Waals surface area contributed by atoms with Crippen molar-refractivity contribution in [2.24, 2.45) is 10.8 Å². The van der Waals surface area contributed by atoms with Crippen LogP contribution in [-0.4, -0.2) is 147 Å². The molecule has 2 fully saturated rings. The number of pyridine rings is 2. The van der Waals surface area contributed by atoms with Gasteiger partial charge in [-0.15, -0.1) is 0 Å². The van der Waals surface area contributed by atoms with Gasteiger partial charge in [0.2, 0.25) is 0 Å². The number of nitrogens with one attached hydrogen (secondary N) is 4. The summed E-state index contributed by atoms with van der Waals surface area (Å²) in [4.78, 5) is 75.1. The van der Waals surface area contributed by atoms with Gasteiger partial charge in [-0.3, -0.25) is 39.6 Å². The lowest BCUT2D eigenvalue weighted by atomic mass is 9.72. The first kappa shape index (κ1) is 87.6. The number of amides is 2. The van der Waals surface area contributed by atoms with Crippen LogP contribution in [0.4, 0.5) is 22.7 Å². The largest absolute Gasteiger partial charge is 0.492 e. The number of rotatable bonds is 22. The molecule has 2 atom stereocenters. The Kier molecular flexibility index (Phi) is 24.9. The van der Waals surface area contributed by atoms with Gasteiger partial charge in [0.15, 0.2) is 0 Å². The van der Waals surface area contributed by atoms with Crippen LogP contribution in [0.5, 0.6) is 34.5 Å². The first-order chi connectivity index (χ1) is 61.3. The molecule has 0 unspecified atom stereocenters. The maximum Gasteiger partial charge on any atom is 0.277 e. The highest BCUT2D eigenvalue weighted by Crippen LogP contribution is 2.48. The maximum atomic E-state index is 14.1. The quantitative estimate of drug-likeness (QED) is 0.0362. The number of hydrogen-bond donors (Lipinski definition) is 4. The molecular weight excluding hydrogens is 1700 g/mol. The average molecular weight is 1800 g/mol. The number of nitrogens with zero attached hydrogens (tertiary/aromatic N) is 8. The number of piperazine rings is 2. The SMILES string of the molecule is Cc1ccc([C@H]2COc3cc(S(=O)(=O)NC(=O)c4ccc(N5CCN(CC6=C(c7ccc(Cl)cc7)CC(C)(C)CC6)CC5)cc4Oc4cnc5[nH]ccc5c4)cc([N+](=O)[O-])c3C2)cc1.Cc1ccc([C@H]2COc3cc(S(=O)(=O)NC(=O)c4ccc(N5CCN(CC6=C(c7ccc(Cl)cc7)CC(C)(C)CC6)CC5)cc4Oc4cnc5[nH]ccc5c4)cc([N+](=O)[O-])c3C2)cc1. The minimum absolute atomic E-state index is 0.0494. The lowest BCUT2D eigenvalue weighted by molar-refractivity contribution is -0.386. The molecule has 8 heterocycles. The number of ether oxygens (including phenoxy) is 4. The summed E-state index contributed by atoms with van der Waals surface area (Å²) >= 11 is 12.5. The molecule has 0 bridgehead atoms. The Morgan fingerprint density at radius 3 is 1.27 bits per heavy atom. The van der Waals surface area contributed by atoms with E-state index >= 15 is 0 Å². The molecule has 2 aliphatic carbocycles. The number of allylic oxidation sites excluding steroid dienone is 2. The van der Waals surface area contributed by atoms with E-state index in [1.807, 2.05) is 98.8 Å². The van der Waals surface area contributed by atoms with Crippen molar-refractivity contribution in [3.63, 3.8) is 0 Å². The van der Waals surface area contributed by atoms with Gasteiger partial charge in [0.25, 0.3) is 43.2 Å². The lowest BCUT2D eigenvalue weighted by Crippen LogP contribution is -2.47. The highest BCUT2D eigenvalue weighted by atomic mass is 35.5. The molecule has 0 saturated carbocycles. The van der Waals surface area contributed by atoms with Gasteiger partial charge in [-0.1, -0.05) is 146 Å². The van der Waals surface area contributed by atoms with Crippen molar-refractivity contribution >= 4 is 111 Å². The van der Waals surface area contributed by atoms with Crippen LogP contribution in [-0.2, 0) is 32.9 Å². The number of sulfonamides is 2. The van der Waals surface area contributed by atoms with Gasteiger partial charge in [-0.2, -0.15) is 0 Å². The summed E-state index contributed by atoms with van der Waals surface area (Å²) in [6.07, 6.45) is 13.5. The van der Waals surface area contributed by atoms with E-state index in [2.05, 4.69) is 101 Å². The summed E-state index contributed by atoms with van der Waals surface area (Å²) in [5, 5.41) is 27.8. The highest BCUT2D eigenvalue weighted by Gasteiger charge is 2.38. The lowest BCUT2D eigenvalue weighted by Gasteiger charge is -2.39. The van der Waals surface area contributed by atoms with E-state index in [9.17, 15) is 46.7 Å². The van der Waals surface area contributed by atoms with Crippen molar-refractivity contribution in [3.05, 3.63) is 304 Å². The topological polar surface area (TPSA) is 320 Å². The van der Waals surface area contributed by atoms with E-state index in [4.69, 9.17) is 42.1 Å². The normalized spacial score (nSPS) is 17.8. The van der Waals surface area contributed by atoms with Crippen LogP contribution in [0, 0.1) is 44.9 Å². The number of benzene rings is 8. The Bertz CT molecular complexity index is 6210. The number of aromatic amines is 2. The third-order valence-electron chi connectivity index (χ3n) is 25.4. The van der Waals surface area contributed by atoms with Crippen LogP contribution in [0.3, 0.4) is 0 Å². The van der Waals surface area contributed by atoms with Gasteiger partial charge < -0.3 is 38.7 Å². The summed E-state index contributed by atoms with van der Waals surface area (Å²) in [6.45, 7) is 21.6. The molecule has 8 aromatic carbocycles. The predicted octanol–water partition coefficient (Wildman–Crippen LogP) is 19.7. The van der Waals surface area contributed by atoms with E-state index in [-0.39, 0.29) is 82.8 Å². The second kappa shape index (κ2) is 36.4. The van der Waals surface area contributed by atoms with Crippen molar-refractivity contribution in [2.45, 2.75) is 115 Å². The first-order valence-electron chi connectivity index (χ1n) is 42.9. The summed E-state index contributed by atoms with van der Waals surface area (Å²) in [5.41, 5.74) is 15.4. The van der Waals surface area contributed by atoms with Crippen LogP contribution < -0.4 is 38.2 Å². The van der Waals surface area contributed by atoms with Crippen molar-refractivity contribution in [2.75, 3.05) is 88.5 Å². The fraction of sp³-hybridized carbons (Fsp3) is 0.306. The van der Waals surface area contributed by atoms with E-state index in [0.717, 1.165) is 171 Å². The molecule has 0 spiro atoms. The highest BCUT2D eigenvalue weighted by molar-refractivity contribution is 7.90. The van der Waals surface area contributed by atoms with Crippen LogP contribution >= 0.6 is 23.2 Å². The zero-order valence-corrected chi connectivity index (χ0v) is 74.9. The van der Waals surface area contributed by atoms with E-state index in [0.29, 0.717) is 33.9 Å². The fourth-order valence-corrected chi connectivity index (χ4v) is 20.3. The van der Waals surface area contributed by atoms with Gasteiger partial charge in [-0.05, 0) is 182 Å². The van der Waals surface area contributed by atoms with Gasteiger partial charge in [0, 0.05) is 158 Å². The Morgan fingerprint density at radius 1 is 0.508 bits per heavy atom. The maximum absolute atomic E-state index is 14.1. The van der Waals surface area contributed by atoms with Crippen LogP contribution in [0.15, 0.2) is 228 Å². The number of H-pyrrole nitrogens is 2. The molecule has 2 saturated heterocycles. The summed E-state index contributed by atoms with van der Waals surface area (Å²) < 4.78 is 84.6. The van der Waals surface area contributed by atoms with Gasteiger partial charge in [0.1, 0.15) is 45.8 Å². The number of carbonyl (C=O) groups excluding carboxylic acids is 2. The standard InChI is InChI=1S/2C49H49ClN6O7S/c2*1-31-4-6-32(7-5-31)36-23-42-44(56(58)59)25-40(26-45(42)62-30-36)64(60,61)53-48(57)41-13-12-38(24-46(41)63-39-22-34-15-17-51-47(34)52-28-39)55-20-18-54(19-21-55)29-35-14-16-49(2,3)27-43(35)33-8-10-37(50)11-9-33/h2*4-13,15,17,22,24-26,28,36H,14,16,18-21,23,27,29-30H2,1-3H3,(H,51,52)(H,53,57)/t2*36-/m11/s1. The number of aromatic nitrogens is 4. The van der Waals surface area contributed by atoms with Crippen molar-refractivity contribution in [1.29, 1.82) is 0 Å². The molecule has 4 aromatic heterocycles. The van der Waals surface area contributed by atoms with Crippen LogP contribution in [0.1, 0.15) is 143 Å². The van der Waals surface area contributed by atoms with Gasteiger partial charge in [-0.25, -0.2) is 36.2 Å². The Balaban J connectivity index is 0.000000180. The summed E-state index contributed by atoms with van der Waals surface area (Å²) in [7, 11) is -9.28. The molecule has 4 N–H and O–H groups in total. The molecular formula is C98H98Cl2N12O14S2. The number of fused-ring (bicyclic) bond motifs is 4. The molecule has 6 aliphatic rings. The molecule has 30 heteroatoms. The number of carbonyl (C=O) groups is 2. The second-order valence-electron chi connectivity index (χ2n) is 35.6. The number of nitro benzene ring substituents is 2. The number of aryl methyl sites for hydroxylation is 2. The predicted molar refractivity (Wildman–Crippen MR) is 496 cm³/mol. The summed E-state index contributed by atoms with van der Waals surface area (Å²) in [6, 6.07) is 53.9. The Labute approximate surface area is 752 Å². The van der Waals surface area contributed by atoms with Gasteiger partial charge in [0.05, 0.1) is 67.5 Å². The van der Waals surface area contributed by atoms with E-state index in [1.54, 1.807) is 60.9 Å². The molecule has 0 radical (unpaired) electrons. The number of anilines is 2. The number of nitro groups is 2. The van der Waals surface area contributed by atoms with Crippen LogP contribution in [0.25, 0.3) is 33.2 Å². The monoisotopic (exact) mass is 1800 g/mol. The summed E-state index contributed by atoms with van der Waals surface area (Å²) in [5.74, 6) is -1.15. The molecule has 18 rings (SSSR count).